The van der Waals surface area contributed by atoms with E-state index >= 15 is 0 Å². The van der Waals surface area contributed by atoms with E-state index in [2.05, 4.69) is 11.9 Å². The van der Waals surface area contributed by atoms with Crippen LogP contribution in [0.2, 0.25) is 0 Å². The number of carbonyl (C=O) groups excluding carboxylic acids is 1. The number of carbonyl (C=O) groups is 1. The quantitative estimate of drug-likeness (QED) is 0.484. The molecular formula is C21H20N2O2. The summed E-state index contributed by atoms with van der Waals surface area (Å²) in [5, 5.41) is 12.1. The maximum Gasteiger partial charge on any atom is 0.266 e. The van der Waals surface area contributed by atoms with Gasteiger partial charge in [-0.3, -0.25) is 4.79 Å². The van der Waals surface area contributed by atoms with Gasteiger partial charge in [0, 0.05) is 5.69 Å². The van der Waals surface area contributed by atoms with Gasteiger partial charge < -0.3 is 10.1 Å². The van der Waals surface area contributed by atoms with Gasteiger partial charge in [0.15, 0.2) is 0 Å². The van der Waals surface area contributed by atoms with E-state index in [0.717, 1.165) is 11.1 Å². The van der Waals surface area contributed by atoms with Gasteiger partial charge in [0.2, 0.25) is 0 Å². The number of nitriles is 1. The highest BCUT2D eigenvalue weighted by Gasteiger charge is 2.10. The molecule has 0 aliphatic rings. The molecule has 0 radical (unpaired) electrons. The molecule has 0 spiro atoms. The van der Waals surface area contributed by atoms with Gasteiger partial charge in [-0.05, 0) is 60.9 Å². The Morgan fingerprint density at radius 2 is 2.04 bits per heavy atom. The number of nitrogens with one attached hydrogen (secondary N) is 1. The predicted octanol–water partition coefficient (Wildman–Crippen LogP) is 4.41. The average molecular weight is 332 g/mol. The highest BCUT2D eigenvalue weighted by atomic mass is 16.5. The average Bonchev–Trinajstić information content (AvgIpc) is 2.61. The van der Waals surface area contributed by atoms with Crippen molar-refractivity contribution in [1.82, 2.24) is 0 Å². The lowest BCUT2D eigenvalue weighted by molar-refractivity contribution is -0.112. The molecule has 0 aliphatic heterocycles. The Morgan fingerprint density at radius 1 is 1.24 bits per heavy atom. The number of nitrogens with zero attached hydrogens (tertiary/aromatic N) is 1. The lowest BCUT2D eigenvalue weighted by atomic mass is 10.1. The molecule has 2 rings (SSSR count). The zero-order valence-electron chi connectivity index (χ0n) is 14.4. The molecule has 1 amide bonds. The SMILES string of the molecule is C=CCOc1cccc(/C=C(/C#N)C(=O)Nc2ccc(C)c(C)c2)c1. The fourth-order valence-electron chi connectivity index (χ4n) is 2.18. The van der Waals surface area contributed by atoms with E-state index in [0.29, 0.717) is 23.6 Å². The minimum atomic E-state index is -0.442. The van der Waals surface area contributed by atoms with Crippen LogP contribution >= 0.6 is 0 Å². The molecule has 0 aliphatic carbocycles. The molecular weight excluding hydrogens is 312 g/mol. The lowest BCUT2D eigenvalue weighted by Crippen LogP contribution is -2.13. The summed E-state index contributed by atoms with van der Waals surface area (Å²) >= 11 is 0. The summed E-state index contributed by atoms with van der Waals surface area (Å²) in [5.41, 5.74) is 3.63. The number of rotatable bonds is 6. The van der Waals surface area contributed by atoms with E-state index in [1.807, 2.05) is 44.2 Å². The van der Waals surface area contributed by atoms with Crippen molar-refractivity contribution in [2.75, 3.05) is 11.9 Å². The minimum absolute atomic E-state index is 0.0269. The van der Waals surface area contributed by atoms with E-state index in [4.69, 9.17) is 4.74 Å². The van der Waals surface area contributed by atoms with Crippen LogP contribution in [-0.4, -0.2) is 12.5 Å². The maximum atomic E-state index is 12.4. The summed E-state index contributed by atoms with van der Waals surface area (Å²) in [6, 6.07) is 14.8. The van der Waals surface area contributed by atoms with Crippen LogP contribution in [0.5, 0.6) is 5.75 Å². The summed E-state index contributed by atoms with van der Waals surface area (Å²) in [6.45, 7) is 7.97. The molecule has 4 nitrogen and oxygen atoms in total. The standard InChI is InChI=1S/C21H20N2O2/c1-4-10-25-20-7-5-6-17(13-20)12-18(14-22)21(24)23-19-9-8-15(2)16(3)11-19/h4-9,11-13H,1,10H2,2-3H3,(H,23,24)/b18-12-. The first-order valence-electron chi connectivity index (χ1n) is 7.87. The van der Waals surface area contributed by atoms with Crippen molar-refractivity contribution >= 4 is 17.7 Å². The molecule has 25 heavy (non-hydrogen) atoms. The van der Waals surface area contributed by atoms with E-state index in [1.165, 1.54) is 6.08 Å². The van der Waals surface area contributed by atoms with Gasteiger partial charge >= 0.3 is 0 Å². The Kier molecular flexibility index (Phi) is 6.14. The Morgan fingerprint density at radius 3 is 2.72 bits per heavy atom. The van der Waals surface area contributed by atoms with Gasteiger partial charge in [0.1, 0.15) is 24.0 Å². The van der Waals surface area contributed by atoms with E-state index < -0.39 is 5.91 Å². The number of hydrogen-bond donors (Lipinski definition) is 1. The van der Waals surface area contributed by atoms with Crippen molar-refractivity contribution in [3.8, 4) is 11.8 Å². The third kappa shape index (κ3) is 5.08. The Bertz CT molecular complexity index is 860. The molecule has 0 atom stereocenters. The molecule has 2 aromatic carbocycles. The van der Waals surface area contributed by atoms with Crippen molar-refractivity contribution in [3.05, 3.63) is 77.4 Å². The molecule has 1 N–H and O–H groups in total. The maximum absolute atomic E-state index is 12.4. The van der Waals surface area contributed by atoms with Crippen LogP contribution in [-0.2, 0) is 4.79 Å². The van der Waals surface area contributed by atoms with Crippen molar-refractivity contribution in [2.24, 2.45) is 0 Å². The second-order valence-corrected chi connectivity index (χ2v) is 5.60. The van der Waals surface area contributed by atoms with Crippen LogP contribution < -0.4 is 10.1 Å². The normalized spacial score (nSPS) is 10.7. The summed E-state index contributed by atoms with van der Waals surface area (Å²) in [7, 11) is 0. The van der Waals surface area contributed by atoms with E-state index in [1.54, 1.807) is 24.3 Å². The molecule has 0 heterocycles. The Balaban J connectivity index is 2.18. The van der Waals surface area contributed by atoms with Crippen LogP contribution in [0.25, 0.3) is 6.08 Å². The zero-order valence-corrected chi connectivity index (χ0v) is 14.4. The molecule has 126 valence electrons. The molecule has 0 aromatic heterocycles. The zero-order chi connectivity index (χ0) is 18.2. The first-order chi connectivity index (χ1) is 12.0. The molecule has 0 bridgehead atoms. The highest BCUT2D eigenvalue weighted by Crippen LogP contribution is 2.18. The molecule has 2 aromatic rings. The molecule has 0 unspecified atom stereocenters. The summed E-state index contributed by atoms with van der Waals surface area (Å²) in [6.07, 6.45) is 3.19. The van der Waals surface area contributed by atoms with Gasteiger partial charge in [-0.1, -0.05) is 30.9 Å². The number of aryl methyl sites for hydroxylation is 2. The predicted molar refractivity (Wildman–Crippen MR) is 100 cm³/mol. The third-order valence-electron chi connectivity index (χ3n) is 3.67. The van der Waals surface area contributed by atoms with Crippen LogP contribution in [0.4, 0.5) is 5.69 Å². The molecule has 0 fully saturated rings. The third-order valence-corrected chi connectivity index (χ3v) is 3.67. The monoisotopic (exact) mass is 332 g/mol. The number of benzene rings is 2. The first-order valence-corrected chi connectivity index (χ1v) is 7.87. The summed E-state index contributed by atoms with van der Waals surface area (Å²) < 4.78 is 5.46. The van der Waals surface area contributed by atoms with Crippen LogP contribution in [0.3, 0.4) is 0 Å². The fourth-order valence-corrected chi connectivity index (χ4v) is 2.18. The van der Waals surface area contributed by atoms with Gasteiger partial charge in [-0.25, -0.2) is 0 Å². The van der Waals surface area contributed by atoms with Gasteiger partial charge in [-0.2, -0.15) is 5.26 Å². The van der Waals surface area contributed by atoms with Crippen molar-refractivity contribution < 1.29 is 9.53 Å². The smallest absolute Gasteiger partial charge is 0.266 e. The fraction of sp³-hybridized carbons (Fsp3) is 0.143. The Labute approximate surface area is 148 Å². The van der Waals surface area contributed by atoms with Crippen LogP contribution in [0.15, 0.2) is 60.7 Å². The molecule has 4 heteroatoms. The van der Waals surface area contributed by atoms with Crippen molar-refractivity contribution in [1.29, 1.82) is 5.26 Å². The summed E-state index contributed by atoms with van der Waals surface area (Å²) in [4.78, 5) is 12.4. The number of ether oxygens (including phenoxy) is 1. The second-order valence-electron chi connectivity index (χ2n) is 5.60. The van der Waals surface area contributed by atoms with Crippen LogP contribution in [0, 0.1) is 25.2 Å². The minimum Gasteiger partial charge on any atom is -0.490 e. The van der Waals surface area contributed by atoms with Crippen molar-refractivity contribution in [2.45, 2.75) is 13.8 Å². The number of anilines is 1. The van der Waals surface area contributed by atoms with E-state index in [9.17, 15) is 10.1 Å². The van der Waals surface area contributed by atoms with Crippen LogP contribution in [0.1, 0.15) is 16.7 Å². The molecule has 0 saturated heterocycles. The first kappa shape index (κ1) is 18.0. The lowest BCUT2D eigenvalue weighted by Gasteiger charge is -2.07. The van der Waals surface area contributed by atoms with Gasteiger partial charge in [-0.15, -0.1) is 0 Å². The number of amides is 1. The van der Waals surface area contributed by atoms with Crippen molar-refractivity contribution in [3.63, 3.8) is 0 Å². The second kappa shape index (κ2) is 8.51. The van der Waals surface area contributed by atoms with Gasteiger partial charge in [0.05, 0.1) is 0 Å². The topological polar surface area (TPSA) is 62.1 Å². The Hall–Kier alpha value is -3.32. The van der Waals surface area contributed by atoms with Gasteiger partial charge in [0.25, 0.3) is 5.91 Å². The number of hydrogen-bond acceptors (Lipinski definition) is 3. The summed E-state index contributed by atoms with van der Waals surface area (Å²) in [5.74, 6) is 0.212. The molecule has 0 saturated carbocycles. The van der Waals surface area contributed by atoms with E-state index in [-0.39, 0.29) is 5.57 Å². The largest absolute Gasteiger partial charge is 0.490 e. The highest BCUT2D eigenvalue weighted by molar-refractivity contribution is 6.09.